The number of aliphatic imine (C=N–C) groups is 1. The summed E-state index contributed by atoms with van der Waals surface area (Å²) in [6, 6.07) is 4.00. The van der Waals surface area contributed by atoms with Crippen LogP contribution in [0.3, 0.4) is 0 Å². The van der Waals surface area contributed by atoms with Gasteiger partial charge in [-0.25, -0.2) is 4.99 Å². The average Bonchev–Trinajstić information content (AvgIpc) is 2.85. The molecule has 0 N–H and O–H groups in total. The molecular weight excluding hydrogens is 232 g/mol. The summed E-state index contributed by atoms with van der Waals surface area (Å²) < 4.78 is 0. The van der Waals surface area contributed by atoms with Gasteiger partial charge in [0.2, 0.25) is 0 Å². The van der Waals surface area contributed by atoms with Crippen molar-refractivity contribution in [2.24, 2.45) is 4.99 Å². The van der Waals surface area contributed by atoms with Crippen molar-refractivity contribution in [2.75, 3.05) is 6.54 Å². The van der Waals surface area contributed by atoms with E-state index in [0.717, 1.165) is 36.5 Å². The van der Waals surface area contributed by atoms with Crippen LogP contribution >= 0.6 is 11.3 Å². The summed E-state index contributed by atoms with van der Waals surface area (Å²) in [6.07, 6.45) is 6.28. The van der Waals surface area contributed by atoms with E-state index >= 15 is 0 Å². The molecular formula is C13H14N2OS. The third kappa shape index (κ3) is 2.05. The molecule has 1 amide bonds. The van der Waals surface area contributed by atoms with Gasteiger partial charge in [0.15, 0.2) is 0 Å². The molecule has 17 heavy (non-hydrogen) atoms. The summed E-state index contributed by atoms with van der Waals surface area (Å²) in [6.45, 7) is 0.833. The molecule has 3 heterocycles. The summed E-state index contributed by atoms with van der Waals surface area (Å²) in [5.74, 6) is 1.05. The first kappa shape index (κ1) is 10.7. The molecule has 0 unspecified atom stereocenters. The molecule has 1 saturated heterocycles. The highest BCUT2D eigenvalue weighted by Crippen LogP contribution is 2.24. The molecule has 88 valence electrons. The average molecular weight is 246 g/mol. The molecule has 0 aromatic carbocycles. The maximum atomic E-state index is 12.2. The molecule has 1 aromatic heterocycles. The van der Waals surface area contributed by atoms with Crippen molar-refractivity contribution in [2.45, 2.75) is 25.7 Å². The monoisotopic (exact) mass is 246 g/mol. The summed E-state index contributed by atoms with van der Waals surface area (Å²) >= 11 is 1.63. The first-order chi connectivity index (χ1) is 8.34. The second-order valence-corrected chi connectivity index (χ2v) is 5.32. The van der Waals surface area contributed by atoms with E-state index in [1.165, 1.54) is 6.42 Å². The van der Waals surface area contributed by atoms with Crippen molar-refractivity contribution in [3.8, 4) is 0 Å². The van der Waals surface area contributed by atoms with Crippen LogP contribution in [0.4, 0.5) is 0 Å². The summed E-state index contributed by atoms with van der Waals surface area (Å²) in [7, 11) is 0. The molecule has 1 aromatic rings. The number of thiophene rings is 1. The maximum absolute atomic E-state index is 12.2. The Hall–Kier alpha value is -1.42. The van der Waals surface area contributed by atoms with Gasteiger partial charge in [-0.3, -0.25) is 9.69 Å². The lowest BCUT2D eigenvalue weighted by Crippen LogP contribution is -2.31. The van der Waals surface area contributed by atoms with E-state index in [1.54, 1.807) is 11.3 Å². The van der Waals surface area contributed by atoms with Gasteiger partial charge in [-0.2, -0.15) is 0 Å². The summed E-state index contributed by atoms with van der Waals surface area (Å²) in [4.78, 5) is 19.6. The highest BCUT2D eigenvalue weighted by molar-refractivity contribution is 7.10. The fraction of sp³-hybridized carbons (Fsp3) is 0.385. The molecule has 2 aliphatic rings. The molecule has 0 bridgehead atoms. The Kier molecular flexibility index (Phi) is 2.81. The van der Waals surface area contributed by atoms with Gasteiger partial charge >= 0.3 is 0 Å². The lowest BCUT2D eigenvalue weighted by Gasteiger charge is -2.13. The molecule has 0 atom stereocenters. The third-order valence-electron chi connectivity index (χ3n) is 3.13. The second kappa shape index (κ2) is 4.45. The number of rotatable bonds is 1. The highest BCUT2D eigenvalue weighted by Gasteiger charge is 2.30. The number of hydrogen-bond donors (Lipinski definition) is 0. The SMILES string of the molecule is O=C1/C(=C/c2cccs2)N=C2CCCCCN12. The predicted octanol–water partition coefficient (Wildman–Crippen LogP) is 2.90. The minimum absolute atomic E-state index is 0.0790. The molecule has 2 aliphatic heterocycles. The van der Waals surface area contributed by atoms with Gasteiger partial charge in [0.05, 0.1) is 0 Å². The van der Waals surface area contributed by atoms with Gasteiger partial charge in [-0.05, 0) is 30.4 Å². The second-order valence-electron chi connectivity index (χ2n) is 4.34. The third-order valence-corrected chi connectivity index (χ3v) is 3.95. The topological polar surface area (TPSA) is 32.7 Å². The van der Waals surface area contributed by atoms with E-state index in [2.05, 4.69) is 4.99 Å². The predicted molar refractivity (Wildman–Crippen MR) is 69.9 cm³/mol. The Morgan fingerprint density at radius 1 is 1.35 bits per heavy atom. The van der Waals surface area contributed by atoms with Crippen LogP contribution < -0.4 is 0 Å². The first-order valence-corrected chi connectivity index (χ1v) is 6.87. The normalized spacial score (nSPS) is 22.6. The Bertz CT molecular complexity index is 488. The largest absolute Gasteiger partial charge is 0.295 e. The van der Waals surface area contributed by atoms with Crippen molar-refractivity contribution in [3.63, 3.8) is 0 Å². The van der Waals surface area contributed by atoms with Gasteiger partial charge in [0.1, 0.15) is 11.5 Å². The number of amidine groups is 1. The molecule has 3 rings (SSSR count). The molecule has 0 radical (unpaired) electrons. The zero-order valence-electron chi connectivity index (χ0n) is 9.56. The van der Waals surface area contributed by atoms with Gasteiger partial charge in [-0.15, -0.1) is 11.3 Å². The van der Waals surface area contributed by atoms with Crippen LogP contribution in [0.5, 0.6) is 0 Å². The van der Waals surface area contributed by atoms with Crippen LogP contribution in [0.2, 0.25) is 0 Å². The number of hydrogen-bond acceptors (Lipinski definition) is 3. The van der Waals surface area contributed by atoms with Gasteiger partial charge in [-0.1, -0.05) is 12.5 Å². The minimum atomic E-state index is 0.0790. The highest BCUT2D eigenvalue weighted by atomic mass is 32.1. The number of amides is 1. The summed E-state index contributed by atoms with van der Waals surface area (Å²) in [5, 5.41) is 2.01. The van der Waals surface area contributed by atoms with Crippen LogP contribution in [0.25, 0.3) is 6.08 Å². The fourth-order valence-electron chi connectivity index (χ4n) is 2.26. The maximum Gasteiger partial charge on any atom is 0.277 e. The standard InChI is InChI=1S/C13H14N2OS/c16-13-11(9-10-5-4-8-17-10)14-12-6-2-1-3-7-15(12)13/h4-5,8-9H,1-3,6-7H2/b11-9-. The van der Waals surface area contributed by atoms with Crippen LogP contribution in [-0.4, -0.2) is 23.2 Å². The van der Waals surface area contributed by atoms with Gasteiger partial charge in [0.25, 0.3) is 5.91 Å². The van der Waals surface area contributed by atoms with Gasteiger partial charge in [0, 0.05) is 17.8 Å². The number of nitrogens with zero attached hydrogens (tertiary/aromatic N) is 2. The van der Waals surface area contributed by atoms with Gasteiger partial charge < -0.3 is 0 Å². The van der Waals surface area contributed by atoms with E-state index in [9.17, 15) is 4.79 Å². The van der Waals surface area contributed by atoms with Crippen LogP contribution in [0.1, 0.15) is 30.6 Å². The Balaban J connectivity index is 1.91. The molecule has 1 fully saturated rings. The van der Waals surface area contributed by atoms with Crippen LogP contribution in [0, 0.1) is 0 Å². The van der Waals surface area contributed by atoms with Crippen molar-refractivity contribution in [3.05, 3.63) is 28.1 Å². The van der Waals surface area contributed by atoms with E-state index in [1.807, 2.05) is 28.5 Å². The number of carbonyl (C=O) groups is 1. The Labute approximate surface area is 104 Å². The lowest BCUT2D eigenvalue weighted by atomic mass is 10.2. The molecule has 0 aliphatic carbocycles. The Morgan fingerprint density at radius 3 is 3.12 bits per heavy atom. The zero-order chi connectivity index (χ0) is 11.7. The van der Waals surface area contributed by atoms with Crippen molar-refractivity contribution in [1.82, 2.24) is 4.90 Å². The van der Waals surface area contributed by atoms with E-state index in [-0.39, 0.29) is 5.91 Å². The smallest absolute Gasteiger partial charge is 0.277 e. The lowest BCUT2D eigenvalue weighted by molar-refractivity contribution is -0.122. The molecule has 0 saturated carbocycles. The quantitative estimate of drug-likeness (QED) is 0.701. The van der Waals surface area contributed by atoms with E-state index in [0.29, 0.717) is 5.70 Å². The minimum Gasteiger partial charge on any atom is -0.295 e. The molecule has 3 nitrogen and oxygen atoms in total. The Morgan fingerprint density at radius 2 is 2.29 bits per heavy atom. The number of fused-ring (bicyclic) bond motifs is 1. The fourth-order valence-corrected chi connectivity index (χ4v) is 2.91. The molecule has 0 spiro atoms. The van der Waals surface area contributed by atoms with E-state index in [4.69, 9.17) is 0 Å². The van der Waals surface area contributed by atoms with Crippen molar-refractivity contribution >= 4 is 29.2 Å². The number of carbonyl (C=O) groups excluding carboxylic acids is 1. The molecule has 4 heteroatoms. The van der Waals surface area contributed by atoms with Crippen LogP contribution in [-0.2, 0) is 4.79 Å². The summed E-state index contributed by atoms with van der Waals surface area (Å²) in [5.41, 5.74) is 0.601. The van der Waals surface area contributed by atoms with Crippen molar-refractivity contribution in [1.29, 1.82) is 0 Å². The zero-order valence-corrected chi connectivity index (χ0v) is 10.4. The first-order valence-electron chi connectivity index (χ1n) is 5.99. The van der Waals surface area contributed by atoms with E-state index < -0.39 is 0 Å². The van der Waals surface area contributed by atoms with Crippen molar-refractivity contribution < 1.29 is 4.79 Å². The van der Waals surface area contributed by atoms with Crippen LogP contribution in [0.15, 0.2) is 28.2 Å².